The lowest BCUT2D eigenvalue weighted by Crippen LogP contribution is -2.27. The molecule has 0 aliphatic heterocycles. The van der Waals surface area contributed by atoms with E-state index < -0.39 is 17.5 Å². The summed E-state index contributed by atoms with van der Waals surface area (Å²) in [5.41, 5.74) is 5.49. The molecule has 2 nitrogen and oxygen atoms in total. The van der Waals surface area contributed by atoms with Crippen LogP contribution in [0.2, 0.25) is 0 Å². The minimum absolute atomic E-state index is 0.0348. The number of nitrogens with two attached hydrogens (primary N) is 1. The lowest BCUT2D eigenvalue weighted by atomic mass is 10.3. The van der Waals surface area contributed by atoms with E-state index in [1.807, 2.05) is 6.92 Å². The molecule has 2 unspecified atom stereocenters. The SMILES string of the molecule is CCC(N)CS(=O)CCF. The molecule has 62 valence electrons. The summed E-state index contributed by atoms with van der Waals surface area (Å²) < 4.78 is 22.4. The Morgan fingerprint density at radius 1 is 1.70 bits per heavy atom. The van der Waals surface area contributed by atoms with Crippen molar-refractivity contribution in [2.45, 2.75) is 19.4 Å². The molecule has 2 N–H and O–H groups in total. The summed E-state index contributed by atoms with van der Waals surface area (Å²) in [4.78, 5) is 0. The molecule has 0 saturated heterocycles. The van der Waals surface area contributed by atoms with Gasteiger partial charge in [0.05, 0.1) is 5.75 Å². The monoisotopic (exact) mass is 167 g/mol. The van der Waals surface area contributed by atoms with Gasteiger partial charge in [-0.2, -0.15) is 0 Å². The van der Waals surface area contributed by atoms with Gasteiger partial charge in [-0.05, 0) is 6.42 Å². The minimum atomic E-state index is -1.05. The predicted octanol–water partition coefficient (Wildman–Crippen LogP) is 0.442. The predicted molar refractivity (Wildman–Crippen MR) is 42.1 cm³/mol. The Labute approximate surface area is 63.4 Å². The molecule has 4 heteroatoms. The number of alkyl halides is 1. The summed E-state index contributed by atoms with van der Waals surface area (Å²) in [7, 11) is -1.05. The van der Waals surface area contributed by atoms with Crippen molar-refractivity contribution in [3.05, 3.63) is 0 Å². The zero-order chi connectivity index (χ0) is 7.98. The molecule has 10 heavy (non-hydrogen) atoms. The van der Waals surface area contributed by atoms with Crippen LogP contribution in [-0.2, 0) is 10.8 Å². The van der Waals surface area contributed by atoms with Gasteiger partial charge in [0.2, 0.25) is 0 Å². The molecule has 0 aromatic carbocycles. The van der Waals surface area contributed by atoms with E-state index in [1.165, 1.54) is 0 Å². The molecule has 0 heterocycles. The van der Waals surface area contributed by atoms with Crippen molar-refractivity contribution in [2.24, 2.45) is 5.73 Å². The van der Waals surface area contributed by atoms with E-state index >= 15 is 0 Å². The van der Waals surface area contributed by atoms with Crippen LogP contribution in [0, 0.1) is 0 Å². The Balaban J connectivity index is 3.37. The maximum absolute atomic E-state index is 11.6. The summed E-state index contributed by atoms with van der Waals surface area (Å²) in [5, 5.41) is 0. The average Bonchev–Trinajstić information content (AvgIpc) is 1.88. The highest BCUT2D eigenvalue weighted by Crippen LogP contribution is 1.91. The second-order valence-corrected chi connectivity index (χ2v) is 3.79. The van der Waals surface area contributed by atoms with Crippen molar-refractivity contribution in [2.75, 3.05) is 18.2 Å². The van der Waals surface area contributed by atoms with Gasteiger partial charge in [-0.25, -0.2) is 0 Å². The van der Waals surface area contributed by atoms with Crippen molar-refractivity contribution < 1.29 is 8.60 Å². The number of hydrogen-bond acceptors (Lipinski definition) is 2. The number of hydrogen-bond donors (Lipinski definition) is 1. The van der Waals surface area contributed by atoms with Crippen LogP contribution in [0.4, 0.5) is 4.39 Å². The number of halogens is 1. The molecular weight excluding hydrogens is 153 g/mol. The molecule has 0 aliphatic carbocycles. The molecular formula is C6H14FNOS. The topological polar surface area (TPSA) is 43.1 Å². The van der Waals surface area contributed by atoms with Gasteiger partial charge in [-0.1, -0.05) is 6.92 Å². The fourth-order valence-electron chi connectivity index (χ4n) is 0.526. The summed E-state index contributed by atoms with van der Waals surface area (Å²) in [6, 6.07) is -0.0348. The Hall–Kier alpha value is 0.0400. The van der Waals surface area contributed by atoms with E-state index in [0.717, 1.165) is 6.42 Å². The van der Waals surface area contributed by atoms with E-state index in [4.69, 9.17) is 5.73 Å². The molecule has 0 amide bonds. The van der Waals surface area contributed by atoms with Crippen LogP contribution in [0.1, 0.15) is 13.3 Å². The largest absolute Gasteiger partial charge is 0.327 e. The zero-order valence-corrected chi connectivity index (χ0v) is 6.99. The molecule has 0 bridgehead atoms. The standard InChI is InChI=1S/C6H14FNOS/c1-2-6(8)5-10(9)4-3-7/h6H,2-5,8H2,1H3. The van der Waals surface area contributed by atoms with Gasteiger partial charge in [0.1, 0.15) is 6.67 Å². The van der Waals surface area contributed by atoms with Crippen molar-refractivity contribution >= 4 is 10.8 Å². The van der Waals surface area contributed by atoms with Crippen LogP contribution in [0.15, 0.2) is 0 Å². The second-order valence-electron chi connectivity index (χ2n) is 2.17. The molecule has 0 radical (unpaired) electrons. The van der Waals surface area contributed by atoms with Crippen molar-refractivity contribution in [1.29, 1.82) is 0 Å². The van der Waals surface area contributed by atoms with Crippen LogP contribution in [0.5, 0.6) is 0 Å². The van der Waals surface area contributed by atoms with E-state index in [9.17, 15) is 8.60 Å². The quantitative estimate of drug-likeness (QED) is 0.645. The third kappa shape index (κ3) is 4.88. The maximum atomic E-state index is 11.6. The van der Waals surface area contributed by atoms with Crippen molar-refractivity contribution in [1.82, 2.24) is 0 Å². The molecule has 0 aromatic rings. The summed E-state index contributed by atoms with van der Waals surface area (Å²) in [5.74, 6) is 0.564. The second kappa shape index (κ2) is 5.80. The van der Waals surface area contributed by atoms with Crippen LogP contribution in [0.25, 0.3) is 0 Å². The average molecular weight is 167 g/mol. The molecule has 0 aromatic heterocycles. The van der Waals surface area contributed by atoms with Gasteiger partial charge in [-0.3, -0.25) is 8.60 Å². The Kier molecular flexibility index (Phi) is 5.82. The highest BCUT2D eigenvalue weighted by atomic mass is 32.2. The van der Waals surface area contributed by atoms with Gasteiger partial charge < -0.3 is 5.73 Å². The fourth-order valence-corrected chi connectivity index (χ4v) is 1.58. The van der Waals surface area contributed by atoms with Crippen LogP contribution >= 0.6 is 0 Å². The first-order valence-corrected chi connectivity index (χ1v) is 4.86. The molecule has 0 aliphatic rings. The van der Waals surface area contributed by atoms with Crippen LogP contribution in [-0.4, -0.2) is 28.4 Å². The van der Waals surface area contributed by atoms with E-state index in [-0.39, 0.29) is 11.8 Å². The molecule has 0 rings (SSSR count). The van der Waals surface area contributed by atoms with Gasteiger partial charge >= 0.3 is 0 Å². The van der Waals surface area contributed by atoms with Gasteiger partial charge in [0.15, 0.2) is 0 Å². The first kappa shape index (κ1) is 10.0. The molecule has 0 spiro atoms. The van der Waals surface area contributed by atoms with Crippen LogP contribution in [0.3, 0.4) is 0 Å². The highest BCUT2D eigenvalue weighted by Gasteiger charge is 2.04. The third-order valence-corrected chi connectivity index (χ3v) is 2.64. The van der Waals surface area contributed by atoms with Crippen molar-refractivity contribution in [3.63, 3.8) is 0 Å². The molecule has 0 fully saturated rings. The highest BCUT2D eigenvalue weighted by molar-refractivity contribution is 7.85. The first-order chi connectivity index (χ1) is 4.70. The Morgan fingerprint density at radius 2 is 2.30 bits per heavy atom. The van der Waals surface area contributed by atoms with Gasteiger partial charge in [-0.15, -0.1) is 0 Å². The van der Waals surface area contributed by atoms with Gasteiger partial charge in [0.25, 0.3) is 0 Å². The smallest absolute Gasteiger partial charge is 0.101 e. The molecule has 0 saturated carbocycles. The summed E-state index contributed by atoms with van der Waals surface area (Å²) >= 11 is 0. The lowest BCUT2D eigenvalue weighted by molar-refractivity contribution is 0.527. The summed E-state index contributed by atoms with van der Waals surface area (Å²) in [6.07, 6.45) is 0.804. The maximum Gasteiger partial charge on any atom is 0.101 e. The molecule has 2 atom stereocenters. The first-order valence-electron chi connectivity index (χ1n) is 3.37. The van der Waals surface area contributed by atoms with Crippen LogP contribution < -0.4 is 5.73 Å². The van der Waals surface area contributed by atoms with Gasteiger partial charge in [0, 0.05) is 22.6 Å². The number of rotatable bonds is 5. The normalized spacial score (nSPS) is 16.7. The van der Waals surface area contributed by atoms with E-state index in [2.05, 4.69) is 0 Å². The fraction of sp³-hybridized carbons (Fsp3) is 1.00. The van der Waals surface area contributed by atoms with E-state index in [1.54, 1.807) is 0 Å². The van der Waals surface area contributed by atoms with E-state index in [0.29, 0.717) is 5.75 Å². The third-order valence-electron chi connectivity index (χ3n) is 1.23. The van der Waals surface area contributed by atoms with Crippen molar-refractivity contribution in [3.8, 4) is 0 Å². The minimum Gasteiger partial charge on any atom is -0.327 e. The zero-order valence-electron chi connectivity index (χ0n) is 6.18. The Bertz CT molecular complexity index is 110. The lowest BCUT2D eigenvalue weighted by Gasteiger charge is -2.05. The summed E-state index contributed by atoms with van der Waals surface area (Å²) in [6.45, 7) is 1.42. The Morgan fingerprint density at radius 3 is 2.70 bits per heavy atom.